The standard InChI is InChI=1S/C21H23N3O4/c1-14-7-10-20(19(11-14)24(26)27)28-13-21(25)23-22-15(2)17-9-8-16-5-3-4-6-18(16)12-17/h7-12H,3-6,13H2,1-2H3,(H,23,25)/b22-15-. The van der Waals surface area contributed by atoms with E-state index in [1.807, 2.05) is 13.0 Å². The molecule has 0 unspecified atom stereocenters. The number of hydrazone groups is 1. The minimum atomic E-state index is -0.529. The quantitative estimate of drug-likeness (QED) is 0.469. The van der Waals surface area contributed by atoms with Gasteiger partial charge in [-0.1, -0.05) is 18.2 Å². The molecule has 0 aromatic heterocycles. The van der Waals surface area contributed by atoms with Gasteiger partial charge < -0.3 is 4.74 Å². The maximum absolute atomic E-state index is 12.0. The maximum atomic E-state index is 12.0. The Kier molecular flexibility index (Phi) is 6.03. The number of nitro groups is 1. The van der Waals surface area contributed by atoms with Gasteiger partial charge in [0.25, 0.3) is 5.91 Å². The third kappa shape index (κ3) is 4.73. The Hall–Kier alpha value is -3.22. The molecule has 0 saturated heterocycles. The van der Waals surface area contributed by atoms with Gasteiger partial charge in [0.15, 0.2) is 12.4 Å². The third-order valence-corrected chi connectivity index (χ3v) is 4.78. The van der Waals surface area contributed by atoms with Gasteiger partial charge in [-0.2, -0.15) is 5.10 Å². The topological polar surface area (TPSA) is 93.8 Å². The van der Waals surface area contributed by atoms with Crippen molar-refractivity contribution in [2.75, 3.05) is 6.61 Å². The van der Waals surface area contributed by atoms with Crippen LogP contribution in [0.1, 0.15) is 42.0 Å². The molecule has 0 fully saturated rings. The van der Waals surface area contributed by atoms with E-state index in [-0.39, 0.29) is 18.0 Å². The number of carbonyl (C=O) groups is 1. The van der Waals surface area contributed by atoms with Crippen LogP contribution >= 0.6 is 0 Å². The second-order valence-corrected chi connectivity index (χ2v) is 6.94. The largest absolute Gasteiger partial charge is 0.477 e. The molecule has 0 radical (unpaired) electrons. The maximum Gasteiger partial charge on any atom is 0.311 e. The molecule has 1 aliphatic rings. The van der Waals surface area contributed by atoms with Crippen LogP contribution in [-0.2, 0) is 17.6 Å². The van der Waals surface area contributed by atoms with E-state index in [1.165, 1.54) is 36.1 Å². The van der Waals surface area contributed by atoms with Crippen molar-refractivity contribution in [2.45, 2.75) is 39.5 Å². The van der Waals surface area contributed by atoms with E-state index in [4.69, 9.17) is 4.74 Å². The zero-order chi connectivity index (χ0) is 20.1. The number of hydrogen-bond acceptors (Lipinski definition) is 5. The van der Waals surface area contributed by atoms with Crippen molar-refractivity contribution in [3.05, 3.63) is 68.8 Å². The Balaban J connectivity index is 1.60. The van der Waals surface area contributed by atoms with E-state index in [1.54, 1.807) is 13.0 Å². The molecule has 1 amide bonds. The molecular formula is C21H23N3O4. The highest BCUT2D eigenvalue weighted by Crippen LogP contribution is 2.27. The van der Waals surface area contributed by atoms with E-state index >= 15 is 0 Å². The molecule has 0 bridgehead atoms. The molecule has 146 valence electrons. The van der Waals surface area contributed by atoms with Gasteiger partial charge in [0, 0.05) is 6.07 Å². The Bertz CT molecular complexity index is 937. The van der Waals surface area contributed by atoms with Gasteiger partial charge in [-0.25, -0.2) is 5.43 Å². The SMILES string of the molecule is C/C(=N/NC(=O)COc1ccc(C)cc1[N+](=O)[O-])c1ccc2c(c1)CCCC2. The van der Waals surface area contributed by atoms with Crippen molar-refractivity contribution < 1.29 is 14.5 Å². The number of amides is 1. The number of nitrogens with one attached hydrogen (secondary N) is 1. The van der Waals surface area contributed by atoms with Crippen LogP contribution in [0.4, 0.5) is 5.69 Å². The van der Waals surface area contributed by atoms with Gasteiger partial charge in [0.1, 0.15) is 0 Å². The molecule has 28 heavy (non-hydrogen) atoms. The molecule has 0 aliphatic heterocycles. The zero-order valence-corrected chi connectivity index (χ0v) is 16.0. The second-order valence-electron chi connectivity index (χ2n) is 6.94. The average molecular weight is 381 g/mol. The Morgan fingerprint density at radius 1 is 1.18 bits per heavy atom. The molecule has 7 nitrogen and oxygen atoms in total. The summed E-state index contributed by atoms with van der Waals surface area (Å²) in [4.78, 5) is 22.6. The fourth-order valence-corrected chi connectivity index (χ4v) is 3.24. The summed E-state index contributed by atoms with van der Waals surface area (Å²) in [6, 6.07) is 10.9. The summed E-state index contributed by atoms with van der Waals surface area (Å²) in [5, 5.41) is 15.2. The summed E-state index contributed by atoms with van der Waals surface area (Å²) >= 11 is 0. The summed E-state index contributed by atoms with van der Waals surface area (Å²) in [7, 11) is 0. The number of nitrogens with zero attached hydrogens (tertiary/aromatic N) is 2. The van der Waals surface area contributed by atoms with Gasteiger partial charge in [-0.3, -0.25) is 14.9 Å². The van der Waals surface area contributed by atoms with Crippen LogP contribution < -0.4 is 10.2 Å². The van der Waals surface area contributed by atoms with Crippen molar-refractivity contribution in [3.63, 3.8) is 0 Å². The lowest BCUT2D eigenvalue weighted by Crippen LogP contribution is -2.25. The lowest BCUT2D eigenvalue weighted by Gasteiger charge is -2.16. The van der Waals surface area contributed by atoms with Crippen LogP contribution in [0.15, 0.2) is 41.5 Å². The van der Waals surface area contributed by atoms with Gasteiger partial charge in [0.2, 0.25) is 0 Å². The van der Waals surface area contributed by atoms with E-state index < -0.39 is 10.8 Å². The smallest absolute Gasteiger partial charge is 0.311 e. The Morgan fingerprint density at radius 3 is 2.68 bits per heavy atom. The normalized spacial score (nSPS) is 13.6. The summed E-state index contributed by atoms with van der Waals surface area (Å²) in [5.41, 5.74) is 7.43. The molecule has 1 N–H and O–H groups in total. The molecule has 1 aliphatic carbocycles. The van der Waals surface area contributed by atoms with Crippen LogP contribution in [0.5, 0.6) is 5.75 Å². The van der Waals surface area contributed by atoms with Crippen LogP contribution in [0.25, 0.3) is 0 Å². The summed E-state index contributed by atoms with van der Waals surface area (Å²) in [6.45, 7) is 3.23. The van der Waals surface area contributed by atoms with E-state index in [0.29, 0.717) is 5.71 Å². The summed E-state index contributed by atoms with van der Waals surface area (Å²) in [5.74, 6) is -0.423. The molecule has 2 aromatic rings. The molecule has 0 atom stereocenters. The van der Waals surface area contributed by atoms with Gasteiger partial charge >= 0.3 is 5.69 Å². The lowest BCUT2D eigenvalue weighted by molar-refractivity contribution is -0.385. The minimum Gasteiger partial charge on any atom is -0.477 e. The Labute approximate surface area is 163 Å². The first kappa shape index (κ1) is 19.5. The lowest BCUT2D eigenvalue weighted by atomic mass is 9.90. The van der Waals surface area contributed by atoms with Crippen molar-refractivity contribution in [2.24, 2.45) is 5.10 Å². The van der Waals surface area contributed by atoms with E-state index in [9.17, 15) is 14.9 Å². The van der Waals surface area contributed by atoms with Crippen molar-refractivity contribution in [1.29, 1.82) is 0 Å². The van der Waals surface area contributed by atoms with Crippen molar-refractivity contribution in [3.8, 4) is 5.75 Å². The van der Waals surface area contributed by atoms with Crippen molar-refractivity contribution in [1.82, 2.24) is 5.43 Å². The average Bonchev–Trinajstić information content (AvgIpc) is 2.70. The van der Waals surface area contributed by atoms with Crippen LogP contribution in [-0.4, -0.2) is 23.1 Å². The van der Waals surface area contributed by atoms with Crippen LogP contribution in [0.2, 0.25) is 0 Å². The first-order valence-corrected chi connectivity index (χ1v) is 9.27. The monoisotopic (exact) mass is 381 g/mol. The number of ether oxygens (including phenoxy) is 1. The number of fused-ring (bicyclic) bond motifs is 1. The van der Waals surface area contributed by atoms with Gasteiger partial charge in [-0.15, -0.1) is 0 Å². The highest BCUT2D eigenvalue weighted by atomic mass is 16.6. The highest BCUT2D eigenvalue weighted by molar-refractivity contribution is 5.99. The molecule has 0 saturated carbocycles. The third-order valence-electron chi connectivity index (χ3n) is 4.78. The molecular weight excluding hydrogens is 358 g/mol. The second kappa shape index (κ2) is 8.65. The number of carbonyl (C=O) groups excluding carboxylic acids is 1. The number of nitro benzene ring substituents is 1. The fourth-order valence-electron chi connectivity index (χ4n) is 3.24. The van der Waals surface area contributed by atoms with Gasteiger partial charge in [-0.05, 0) is 73.9 Å². The minimum absolute atomic E-state index is 0.0566. The number of benzene rings is 2. The van der Waals surface area contributed by atoms with E-state index in [2.05, 4.69) is 22.7 Å². The number of rotatable bonds is 6. The summed E-state index contributed by atoms with van der Waals surface area (Å²) in [6.07, 6.45) is 4.62. The van der Waals surface area contributed by atoms with Crippen LogP contribution in [0, 0.1) is 17.0 Å². The molecule has 3 rings (SSSR count). The highest BCUT2D eigenvalue weighted by Gasteiger charge is 2.16. The number of hydrogen-bond donors (Lipinski definition) is 1. The molecule has 0 heterocycles. The van der Waals surface area contributed by atoms with Crippen LogP contribution in [0.3, 0.4) is 0 Å². The first-order valence-electron chi connectivity index (χ1n) is 9.27. The fraction of sp³-hybridized carbons (Fsp3) is 0.333. The predicted molar refractivity (Wildman–Crippen MR) is 107 cm³/mol. The molecule has 2 aromatic carbocycles. The summed E-state index contributed by atoms with van der Waals surface area (Å²) < 4.78 is 5.30. The van der Waals surface area contributed by atoms with E-state index in [0.717, 1.165) is 24.0 Å². The Morgan fingerprint density at radius 2 is 1.93 bits per heavy atom. The number of aryl methyl sites for hydroxylation is 3. The first-order chi connectivity index (χ1) is 13.4. The van der Waals surface area contributed by atoms with Crippen molar-refractivity contribution >= 4 is 17.3 Å². The zero-order valence-electron chi connectivity index (χ0n) is 16.0. The van der Waals surface area contributed by atoms with Gasteiger partial charge in [0.05, 0.1) is 10.6 Å². The molecule has 7 heteroatoms. The molecule has 0 spiro atoms. The predicted octanol–water partition coefficient (Wildman–Crippen LogP) is 3.70.